The van der Waals surface area contributed by atoms with Gasteiger partial charge in [-0.3, -0.25) is 0 Å². The number of hydrogen-bond acceptors (Lipinski definition) is 2. The fourth-order valence-electron chi connectivity index (χ4n) is 2.61. The lowest BCUT2D eigenvalue weighted by Gasteiger charge is -2.29. The van der Waals surface area contributed by atoms with Crippen LogP contribution >= 0.6 is 0 Å². The number of rotatable bonds is 3. The van der Waals surface area contributed by atoms with E-state index < -0.39 is 0 Å². The Morgan fingerprint density at radius 1 is 1.00 bits per heavy atom. The summed E-state index contributed by atoms with van der Waals surface area (Å²) in [5, 5.41) is 0. The molecule has 2 fully saturated rings. The molecule has 2 nitrogen and oxygen atoms in total. The van der Waals surface area contributed by atoms with Crippen LogP contribution in [0.3, 0.4) is 0 Å². The first kappa shape index (κ1) is 11.4. The zero-order valence-electron chi connectivity index (χ0n) is 9.91. The Hall–Kier alpha value is -0.0800. The molecular formula is C13H24O2. The van der Waals surface area contributed by atoms with Crippen molar-refractivity contribution >= 4 is 0 Å². The van der Waals surface area contributed by atoms with E-state index in [1.807, 2.05) is 0 Å². The van der Waals surface area contributed by atoms with Crippen molar-refractivity contribution in [3.8, 4) is 0 Å². The van der Waals surface area contributed by atoms with Gasteiger partial charge in [-0.1, -0.05) is 19.8 Å². The minimum absolute atomic E-state index is 0.484. The summed E-state index contributed by atoms with van der Waals surface area (Å²) in [6, 6.07) is 0. The summed E-state index contributed by atoms with van der Waals surface area (Å²) < 4.78 is 11.3. The molecular weight excluding hydrogens is 188 g/mol. The smallest absolute Gasteiger partial charge is 0.0619 e. The van der Waals surface area contributed by atoms with E-state index in [0.717, 1.165) is 44.5 Å². The van der Waals surface area contributed by atoms with Gasteiger partial charge in [0.25, 0.3) is 0 Å². The first-order valence-corrected chi connectivity index (χ1v) is 6.54. The maximum absolute atomic E-state index is 5.98. The molecule has 2 heteroatoms. The molecule has 1 heterocycles. The summed E-state index contributed by atoms with van der Waals surface area (Å²) in [6.45, 7) is 5.16. The van der Waals surface area contributed by atoms with Crippen LogP contribution in [0, 0.1) is 11.8 Å². The molecule has 0 spiro atoms. The highest BCUT2D eigenvalue weighted by Gasteiger charge is 2.20. The van der Waals surface area contributed by atoms with E-state index in [1.165, 1.54) is 25.7 Å². The van der Waals surface area contributed by atoms with Gasteiger partial charge in [-0.15, -0.1) is 0 Å². The van der Waals surface area contributed by atoms with Crippen molar-refractivity contribution < 1.29 is 9.47 Å². The first-order valence-electron chi connectivity index (χ1n) is 6.54. The fourth-order valence-corrected chi connectivity index (χ4v) is 2.61. The minimum atomic E-state index is 0.484. The molecule has 2 aliphatic rings. The second-order valence-corrected chi connectivity index (χ2v) is 5.27. The Kier molecular flexibility index (Phi) is 4.45. The van der Waals surface area contributed by atoms with Crippen molar-refractivity contribution in [2.45, 2.75) is 51.6 Å². The van der Waals surface area contributed by atoms with E-state index >= 15 is 0 Å². The van der Waals surface area contributed by atoms with Crippen molar-refractivity contribution in [2.24, 2.45) is 11.8 Å². The van der Waals surface area contributed by atoms with Gasteiger partial charge < -0.3 is 9.47 Å². The van der Waals surface area contributed by atoms with Gasteiger partial charge in [0.05, 0.1) is 6.10 Å². The van der Waals surface area contributed by atoms with Crippen molar-refractivity contribution in [1.29, 1.82) is 0 Å². The highest BCUT2D eigenvalue weighted by molar-refractivity contribution is 4.71. The van der Waals surface area contributed by atoms with Gasteiger partial charge in [0.15, 0.2) is 0 Å². The van der Waals surface area contributed by atoms with Gasteiger partial charge in [0.2, 0.25) is 0 Å². The molecule has 2 rings (SSSR count). The lowest BCUT2D eigenvalue weighted by atomic mass is 9.83. The monoisotopic (exact) mass is 212 g/mol. The predicted octanol–water partition coefficient (Wildman–Crippen LogP) is 3.01. The van der Waals surface area contributed by atoms with Crippen molar-refractivity contribution in [2.75, 3.05) is 19.8 Å². The molecule has 0 radical (unpaired) electrons. The topological polar surface area (TPSA) is 18.5 Å². The highest BCUT2D eigenvalue weighted by atomic mass is 16.5. The minimum Gasteiger partial charge on any atom is -0.381 e. The molecule has 1 saturated carbocycles. The van der Waals surface area contributed by atoms with Crippen LogP contribution in [0.15, 0.2) is 0 Å². The van der Waals surface area contributed by atoms with Crippen LogP contribution in [0.25, 0.3) is 0 Å². The van der Waals surface area contributed by atoms with Crippen LogP contribution in [0.2, 0.25) is 0 Å². The quantitative estimate of drug-likeness (QED) is 0.716. The van der Waals surface area contributed by atoms with Gasteiger partial charge in [-0.05, 0) is 37.5 Å². The Balaban J connectivity index is 1.60. The fraction of sp³-hybridized carbons (Fsp3) is 1.00. The maximum atomic E-state index is 5.98. The summed E-state index contributed by atoms with van der Waals surface area (Å²) in [7, 11) is 0. The third kappa shape index (κ3) is 3.76. The van der Waals surface area contributed by atoms with Gasteiger partial charge in [-0.25, -0.2) is 0 Å². The molecule has 1 aliphatic heterocycles. The predicted molar refractivity (Wildman–Crippen MR) is 60.9 cm³/mol. The summed E-state index contributed by atoms with van der Waals surface area (Å²) in [5.74, 6) is 1.79. The molecule has 0 aromatic heterocycles. The molecule has 1 saturated heterocycles. The van der Waals surface area contributed by atoms with Gasteiger partial charge in [0, 0.05) is 19.8 Å². The molecule has 0 unspecified atom stereocenters. The first-order chi connectivity index (χ1) is 7.34. The van der Waals surface area contributed by atoms with Gasteiger partial charge in [-0.2, -0.15) is 0 Å². The third-order valence-electron chi connectivity index (χ3n) is 3.87. The Bertz CT molecular complexity index is 167. The lowest BCUT2D eigenvalue weighted by Crippen LogP contribution is -2.27. The van der Waals surface area contributed by atoms with Gasteiger partial charge >= 0.3 is 0 Å². The maximum Gasteiger partial charge on any atom is 0.0619 e. The second-order valence-electron chi connectivity index (χ2n) is 5.27. The average Bonchev–Trinajstić information content (AvgIpc) is 2.30. The second kappa shape index (κ2) is 5.86. The zero-order chi connectivity index (χ0) is 10.5. The average molecular weight is 212 g/mol. The van der Waals surface area contributed by atoms with Crippen molar-refractivity contribution in [3.63, 3.8) is 0 Å². The van der Waals surface area contributed by atoms with E-state index in [0.29, 0.717) is 6.10 Å². The summed E-state index contributed by atoms with van der Waals surface area (Å²) in [5.41, 5.74) is 0. The molecule has 15 heavy (non-hydrogen) atoms. The van der Waals surface area contributed by atoms with E-state index in [2.05, 4.69) is 6.92 Å². The van der Waals surface area contributed by atoms with E-state index in [1.54, 1.807) is 0 Å². The van der Waals surface area contributed by atoms with Crippen LogP contribution in [0.4, 0.5) is 0 Å². The van der Waals surface area contributed by atoms with Gasteiger partial charge in [0.1, 0.15) is 0 Å². The summed E-state index contributed by atoms with van der Waals surface area (Å²) >= 11 is 0. The van der Waals surface area contributed by atoms with Crippen LogP contribution in [-0.2, 0) is 9.47 Å². The molecule has 0 atom stereocenters. The van der Waals surface area contributed by atoms with Crippen LogP contribution in [0.5, 0.6) is 0 Å². The zero-order valence-corrected chi connectivity index (χ0v) is 9.91. The normalized spacial score (nSPS) is 34.2. The van der Waals surface area contributed by atoms with Crippen LogP contribution in [-0.4, -0.2) is 25.9 Å². The Morgan fingerprint density at radius 3 is 2.33 bits per heavy atom. The summed E-state index contributed by atoms with van der Waals surface area (Å²) in [4.78, 5) is 0. The van der Waals surface area contributed by atoms with E-state index in [9.17, 15) is 0 Å². The molecule has 0 bridgehead atoms. The molecule has 1 aliphatic carbocycles. The number of hydrogen-bond donors (Lipinski definition) is 0. The van der Waals surface area contributed by atoms with Crippen molar-refractivity contribution in [1.82, 2.24) is 0 Å². The molecule has 88 valence electrons. The van der Waals surface area contributed by atoms with E-state index in [4.69, 9.17) is 9.47 Å². The molecule has 0 amide bonds. The SMILES string of the molecule is CC1CCC(COC2CCOCC2)CC1. The standard InChI is InChI=1S/C13H24O2/c1-11-2-4-12(5-3-11)10-15-13-6-8-14-9-7-13/h11-13H,2-10H2,1H3. The lowest BCUT2D eigenvalue weighted by molar-refractivity contribution is -0.0471. The molecule has 0 aromatic carbocycles. The van der Waals surface area contributed by atoms with Crippen molar-refractivity contribution in [3.05, 3.63) is 0 Å². The largest absolute Gasteiger partial charge is 0.381 e. The third-order valence-corrected chi connectivity index (χ3v) is 3.87. The summed E-state index contributed by atoms with van der Waals surface area (Å²) in [6.07, 6.45) is 8.25. The van der Waals surface area contributed by atoms with Crippen LogP contribution in [0.1, 0.15) is 45.4 Å². The van der Waals surface area contributed by atoms with E-state index in [-0.39, 0.29) is 0 Å². The molecule has 0 N–H and O–H groups in total. The molecule has 0 aromatic rings. The highest BCUT2D eigenvalue weighted by Crippen LogP contribution is 2.29. The Labute approximate surface area is 93.3 Å². The van der Waals surface area contributed by atoms with Crippen LogP contribution < -0.4 is 0 Å². The Morgan fingerprint density at radius 2 is 1.67 bits per heavy atom. The number of ether oxygens (including phenoxy) is 2.